The van der Waals surface area contributed by atoms with Gasteiger partial charge in [-0.3, -0.25) is 43.2 Å². The van der Waals surface area contributed by atoms with E-state index in [4.69, 9.17) is 5.11 Å². The molecule has 20 nitrogen and oxygen atoms in total. The van der Waals surface area contributed by atoms with Crippen molar-refractivity contribution < 1.29 is 68.5 Å². The summed E-state index contributed by atoms with van der Waals surface area (Å²) in [4.78, 5) is 116. The minimum atomic E-state index is -1.94. The smallest absolute Gasteiger partial charge is 0.475 e. The van der Waals surface area contributed by atoms with E-state index < -0.39 is 129 Å². The van der Waals surface area contributed by atoms with Gasteiger partial charge in [-0.1, -0.05) is 74.5 Å². The Hall–Kier alpha value is -6.61. The van der Waals surface area contributed by atoms with Crippen molar-refractivity contribution >= 4 is 60.5 Å². The van der Waals surface area contributed by atoms with Crippen LogP contribution in [0.1, 0.15) is 75.5 Å². The molecule has 2 aromatic carbocycles. The lowest BCUT2D eigenvalue weighted by molar-refractivity contribution is -0.142. The molecular formula is C42H57BN6O14. The first kappa shape index (κ1) is 52.5. The molecule has 63 heavy (non-hydrogen) atoms. The summed E-state index contributed by atoms with van der Waals surface area (Å²) in [7, 11) is -1.94. The summed E-state index contributed by atoms with van der Waals surface area (Å²) in [5, 5.41) is 62.2. The van der Waals surface area contributed by atoms with Gasteiger partial charge in [0.25, 0.3) is 0 Å². The molecule has 0 bridgehead atoms. The molecule has 11 N–H and O–H groups in total. The molecule has 0 aromatic heterocycles. The first-order chi connectivity index (χ1) is 29.7. The fraction of sp³-hybridized carbons (Fsp3) is 0.452. The Morgan fingerprint density at radius 1 is 0.603 bits per heavy atom. The number of amides is 6. The molecule has 0 unspecified atom stereocenters. The molecule has 0 saturated carbocycles. The molecule has 6 atom stereocenters. The third kappa shape index (κ3) is 19.8. The summed E-state index contributed by atoms with van der Waals surface area (Å²) in [5.41, 5.74) is 1.88. The number of carboxylic acid groups (broad SMARTS) is 3. The van der Waals surface area contributed by atoms with Crippen LogP contribution in [0.5, 0.6) is 0 Å². The van der Waals surface area contributed by atoms with Crippen molar-refractivity contribution in [3.63, 3.8) is 0 Å². The molecule has 342 valence electrons. The number of aliphatic carboxylic acids is 3. The zero-order valence-corrected chi connectivity index (χ0v) is 35.4. The lowest BCUT2D eigenvalue weighted by Gasteiger charge is -2.28. The molecule has 0 spiro atoms. The van der Waals surface area contributed by atoms with Crippen LogP contribution in [0.2, 0.25) is 0 Å². The van der Waals surface area contributed by atoms with Crippen molar-refractivity contribution in [1.82, 2.24) is 31.9 Å². The zero-order valence-electron chi connectivity index (χ0n) is 35.4. The second-order valence-corrected chi connectivity index (χ2v) is 15.3. The van der Waals surface area contributed by atoms with E-state index in [-0.39, 0.29) is 31.6 Å². The van der Waals surface area contributed by atoms with Gasteiger partial charge in [0.1, 0.15) is 30.2 Å². The van der Waals surface area contributed by atoms with Gasteiger partial charge in [-0.15, -0.1) is 6.58 Å². The average Bonchev–Trinajstić information content (AvgIpc) is 3.20. The maximum Gasteiger partial charge on any atom is 0.475 e. The van der Waals surface area contributed by atoms with E-state index >= 15 is 0 Å². The van der Waals surface area contributed by atoms with Crippen molar-refractivity contribution in [2.75, 3.05) is 0 Å². The van der Waals surface area contributed by atoms with E-state index in [1.807, 2.05) is 0 Å². The first-order valence-electron chi connectivity index (χ1n) is 20.2. The number of carbonyl (C=O) groups is 9. The van der Waals surface area contributed by atoms with Crippen molar-refractivity contribution in [3.8, 4) is 0 Å². The Labute approximate surface area is 364 Å². The summed E-state index contributed by atoms with van der Waals surface area (Å²) < 4.78 is 0. The maximum atomic E-state index is 14.4. The Bertz CT molecular complexity index is 1930. The molecule has 0 aliphatic carbocycles. The highest BCUT2D eigenvalue weighted by atomic mass is 16.4. The van der Waals surface area contributed by atoms with Gasteiger partial charge in [-0.25, -0.2) is 0 Å². The topological polar surface area (TPSA) is 327 Å². The number of benzene rings is 2. The van der Waals surface area contributed by atoms with Gasteiger partial charge >= 0.3 is 25.0 Å². The Kier molecular flexibility index (Phi) is 22.2. The molecule has 0 radical (unpaired) electrons. The first-order valence-corrected chi connectivity index (χ1v) is 20.2. The predicted molar refractivity (Wildman–Crippen MR) is 227 cm³/mol. The van der Waals surface area contributed by atoms with Gasteiger partial charge in [0.05, 0.1) is 18.8 Å². The van der Waals surface area contributed by atoms with Crippen LogP contribution in [0, 0.1) is 12.8 Å². The van der Waals surface area contributed by atoms with Gasteiger partial charge < -0.3 is 57.3 Å². The zero-order chi connectivity index (χ0) is 47.2. The number of nitrogens with one attached hydrogen (secondary N) is 6. The monoisotopic (exact) mass is 880 g/mol. The molecule has 0 aliphatic heterocycles. The van der Waals surface area contributed by atoms with Gasteiger partial charge in [-0.2, -0.15) is 0 Å². The van der Waals surface area contributed by atoms with Crippen LogP contribution in [0.4, 0.5) is 0 Å². The van der Waals surface area contributed by atoms with Crippen molar-refractivity contribution in [3.05, 3.63) is 83.9 Å². The fourth-order valence-corrected chi connectivity index (χ4v) is 6.25. The molecule has 2 rings (SSSR count). The Morgan fingerprint density at radius 2 is 1.11 bits per heavy atom. The third-order valence-electron chi connectivity index (χ3n) is 9.56. The number of rotatable bonds is 28. The highest BCUT2D eigenvalue weighted by molar-refractivity contribution is 6.43. The summed E-state index contributed by atoms with van der Waals surface area (Å²) in [6.45, 7) is 8.90. The van der Waals surface area contributed by atoms with E-state index in [2.05, 4.69) is 38.5 Å². The molecule has 0 aliphatic rings. The highest BCUT2D eigenvalue weighted by Gasteiger charge is 2.35. The van der Waals surface area contributed by atoms with Crippen LogP contribution in [0.3, 0.4) is 0 Å². The van der Waals surface area contributed by atoms with Crippen molar-refractivity contribution in [2.45, 2.75) is 115 Å². The predicted octanol–water partition coefficient (Wildman–Crippen LogP) is -0.472. The minimum absolute atomic E-state index is 0.00135. The summed E-state index contributed by atoms with van der Waals surface area (Å²) >= 11 is 0. The van der Waals surface area contributed by atoms with E-state index in [0.29, 0.717) is 16.7 Å². The van der Waals surface area contributed by atoms with Gasteiger partial charge in [-0.05, 0) is 48.8 Å². The number of carboxylic acids is 3. The van der Waals surface area contributed by atoms with Crippen LogP contribution in [-0.4, -0.2) is 122 Å². The van der Waals surface area contributed by atoms with E-state index in [1.165, 1.54) is 6.08 Å². The highest BCUT2D eigenvalue weighted by Crippen LogP contribution is 2.14. The Balaban J connectivity index is 2.54. The molecule has 0 fully saturated rings. The Morgan fingerprint density at radius 3 is 1.65 bits per heavy atom. The van der Waals surface area contributed by atoms with Crippen LogP contribution in [0.25, 0.3) is 0 Å². The van der Waals surface area contributed by atoms with E-state index in [9.17, 15) is 63.4 Å². The van der Waals surface area contributed by atoms with Crippen LogP contribution in [0.15, 0.2) is 67.3 Å². The van der Waals surface area contributed by atoms with Crippen LogP contribution < -0.4 is 31.9 Å². The molecule has 21 heteroatoms. The number of hydrogen-bond donors (Lipinski definition) is 11. The van der Waals surface area contributed by atoms with Crippen molar-refractivity contribution in [2.24, 2.45) is 5.92 Å². The lowest BCUT2D eigenvalue weighted by Crippen LogP contribution is -2.60. The summed E-state index contributed by atoms with van der Waals surface area (Å²) in [6, 6.07) is 7.78. The van der Waals surface area contributed by atoms with Crippen LogP contribution >= 0.6 is 0 Å². The van der Waals surface area contributed by atoms with E-state index in [1.54, 1.807) is 75.4 Å². The van der Waals surface area contributed by atoms with Gasteiger partial charge in [0.2, 0.25) is 35.4 Å². The standard InChI is InChI=1S/C42H57BN6O14/c1-5-11-33(43(62)63)49-42(61)29(20-24(2)3)46-39(58)30(21-26-13-7-6-8-14-26)47-40(59)31(22-27-15-10-9-12-25(27)4)48-38(57)28(16-18-35(51)52)45-41(60)32(23-37(55)56)44-34(50)17-19-36(53)54/h5-10,12-15,24,28-33,62-63H,1,11,16-23H2,2-4H3,(H,44,50)(H,45,60)(H,46,58)(H,47,59)(H,48,57)(H,49,61)(H,51,52)(H,53,54)(H,55,56)/t28-,29-,30-,31-,32-,33-/m0/s1. The fourth-order valence-electron chi connectivity index (χ4n) is 6.25. The lowest BCUT2D eigenvalue weighted by atomic mass is 9.77. The van der Waals surface area contributed by atoms with E-state index in [0.717, 1.165) is 0 Å². The molecule has 0 saturated heterocycles. The van der Waals surface area contributed by atoms with Gasteiger partial charge in [0.15, 0.2) is 0 Å². The van der Waals surface area contributed by atoms with Gasteiger partial charge in [0, 0.05) is 25.7 Å². The maximum absolute atomic E-state index is 14.4. The molecule has 0 heterocycles. The summed E-state index contributed by atoms with van der Waals surface area (Å²) in [5.74, 6) is -11.2. The molecule has 6 amide bonds. The molecular weight excluding hydrogens is 823 g/mol. The normalized spacial score (nSPS) is 13.7. The number of hydrogen-bond acceptors (Lipinski definition) is 11. The average molecular weight is 881 g/mol. The summed E-state index contributed by atoms with van der Waals surface area (Å²) in [6.07, 6.45) is -2.25. The molecule has 2 aromatic rings. The second-order valence-electron chi connectivity index (χ2n) is 15.3. The number of carbonyl (C=O) groups excluding carboxylic acids is 6. The van der Waals surface area contributed by atoms with Crippen molar-refractivity contribution in [1.29, 1.82) is 0 Å². The number of aryl methyl sites for hydroxylation is 1. The minimum Gasteiger partial charge on any atom is -0.481 e. The van der Waals surface area contributed by atoms with Crippen LogP contribution in [-0.2, 0) is 56.0 Å². The SMILES string of the molecule is C=CC[C@H](NC(=O)[C@H](CC(C)C)NC(=O)[C@H](Cc1ccccc1)NC(=O)[C@H](Cc1ccccc1C)NC(=O)[C@H](CCC(=O)O)NC(=O)[C@H](CC(=O)O)NC(=O)CCC(=O)O)B(O)O. The third-order valence-corrected chi connectivity index (χ3v) is 9.56. The second kappa shape index (κ2) is 26.7. The quantitative estimate of drug-likeness (QED) is 0.0381. The largest absolute Gasteiger partial charge is 0.481 e.